The maximum absolute atomic E-state index is 8.44. The first-order chi connectivity index (χ1) is 5.43. The Balaban J connectivity index is 2.33. The van der Waals surface area contributed by atoms with Crippen molar-refractivity contribution in [1.29, 1.82) is 0 Å². The largest absolute Gasteiger partial charge is 0.396 e. The molecule has 2 nitrogen and oxygen atoms in total. The Morgan fingerprint density at radius 3 is 3.18 bits per heavy atom. The van der Waals surface area contributed by atoms with E-state index >= 15 is 0 Å². The number of rotatable bonds is 2. The summed E-state index contributed by atoms with van der Waals surface area (Å²) in [6.07, 6.45) is 1.49. The van der Waals surface area contributed by atoms with Gasteiger partial charge in [0.1, 0.15) is 5.69 Å². The number of unbranched alkanes of at least 4 members (excludes halogenated alkanes) is 1. The predicted octanol–water partition coefficient (Wildman–Crippen LogP) is 1.27. The van der Waals surface area contributed by atoms with Crippen LogP contribution in [0, 0.1) is 11.8 Å². The smallest absolute Gasteiger partial charge is 0.124 e. The molecule has 1 heterocycles. The highest BCUT2D eigenvalue weighted by Gasteiger charge is 1.84. The number of aliphatic hydroxyl groups excluding tert-OH is 1. The Morgan fingerprint density at radius 1 is 1.64 bits per heavy atom. The zero-order chi connectivity index (χ0) is 7.94. The minimum absolute atomic E-state index is 0.214. The van der Waals surface area contributed by atoms with Gasteiger partial charge in [-0.2, -0.15) is 0 Å². The third-order valence-corrected chi connectivity index (χ3v) is 1.70. The van der Waals surface area contributed by atoms with Gasteiger partial charge in [-0.3, -0.25) is 0 Å². The molecule has 0 aliphatic heterocycles. The fourth-order valence-corrected chi connectivity index (χ4v) is 1.08. The molecule has 1 N–H and O–H groups in total. The molecule has 3 heteroatoms. The quantitative estimate of drug-likeness (QED) is 0.531. The van der Waals surface area contributed by atoms with Gasteiger partial charge in [0, 0.05) is 18.4 Å². The summed E-state index contributed by atoms with van der Waals surface area (Å²) in [5.74, 6) is 5.82. The normalized spacial score (nSPS) is 8.82. The van der Waals surface area contributed by atoms with Crippen LogP contribution < -0.4 is 0 Å². The van der Waals surface area contributed by atoms with Gasteiger partial charge in [-0.05, 0) is 12.3 Å². The number of hydrogen-bond acceptors (Lipinski definition) is 3. The molecule has 0 atom stereocenters. The summed E-state index contributed by atoms with van der Waals surface area (Å²) in [4.78, 5) is 4.00. The average molecular weight is 167 g/mol. The first-order valence-corrected chi connectivity index (χ1v) is 4.35. The van der Waals surface area contributed by atoms with E-state index in [0.717, 1.165) is 18.5 Å². The maximum Gasteiger partial charge on any atom is 0.124 e. The highest BCUT2D eigenvalue weighted by atomic mass is 32.1. The Morgan fingerprint density at radius 2 is 2.55 bits per heavy atom. The Hall–Kier alpha value is -0.850. The lowest BCUT2D eigenvalue weighted by Gasteiger charge is -1.82. The summed E-state index contributed by atoms with van der Waals surface area (Å²) in [6.45, 7) is 0.214. The minimum Gasteiger partial charge on any atom is -0.396 e. The maximum atomic E-state index is 8.44. The molecule has 0 fully saturated rings. The van der Waals surface area contributed by atoms with E-state index in [1.807, 2.05) is 5.38 Å². The molecule has 58 valence electrons. The van der Waals surface area contributed by atoms with Gasteiger partial charge in [0.05, 0.1) is 5.51 Å². The van der Waals surface area contributed by atoms with Crippen molar-refractivity contribution in [2.75, 3.05) is 6.61 Å². The number of nitrogens with zero attached hydrogens (tertiary/aromatic N) is 1. The molecule has 0 saturated carbocycles. The van der Waals surface area contributed by atoms with Crippen LogP contribution in [0.1, 0.15) is 18.5 Å². The second-order valence-electron chi connectivity index (χ2n) is 2.00. The first-order valence-electron chi connectivity index (χ1n) is 3.41. The fraction of sp³-hybridized carbons (Fsp3) is 0.375. The van der Waals surface area contributed by atoms with Crippen LogP contribution in [-0.2, 0) is 0 Å². The van der Waals surface area contributed by atoms with E-state index in [4.69, 9.17) is 5.11 Å². The molecule has 0 unspecified atom stereocenters. The van der Waals surface area contributed by atoms with Crippen molar-refractivity contribution in [2.45, 2.75) is 12.8 Å². The van der Waals surface area contributed by atoms with Gasteiger partial charge in [-0.25, -0.2) is 4.98 Å². The highest BCUT2D eigenvalue weighted by Crippen LogP contribution is 1.98. The van der Waals surface area contributed by atoms with Gasteiger partial charge >= 0.3 is 0 Å². The van der Waals surface area contributed by atoms with Gasteiger partial charge in [0.15, 0.2) is 0 Å². The average Bonchev–Trinajstić information content (AvgIpc) is 2.50. The Labute approximate surface area is 69.9 Å². The molecule has 0 saturated heterocycles. The summed E-state index contributed by atoms with van der Waals surface area (Å²) < 4.78 is 0. The predicted molar refractivity (Wildman–Crippen MR) is 45.3 cm³/mol. The van der Waals surface area contributed by atoms with Crippen LogP contribution in [0.2, 0.25) is 0 Å². The molecule has 0 aromatic carbocycles. The lowest BCUT2D eigenvalue weighted by Crippen LogP contribution is -1.79. The van der Waals surface area contributed by atoms with Crippen molar-refractivity contribution in [3.8, 4) is 11.8 Å². The highest BCUT2D eigenvalue weighted by molar-refractivity contribution is 7.07. The summed E-state index contributed by atoms with van der Waals surface area (Å²) in [5, 5.41) is 10.4. The van der Waals surface area contributed by atoms with Crippen molar-refractivity contribution in [2.24, 2.45) is 0 Å². The lowest BCUT2D eigenvalue weighted by molar-refractivity contribution is 0.290. The van der Waals surface area contributed by atoms with E-state index in [0.29, 0.717) is 0 Å². The van der Waals surface area contributed by atoms with Crippen LogP contribution in [-0.4, -0.2) is 16.7 Å². The Kier molecular flexibility index (Phi) is 3.67. The van der Waals surface area contributed by atoms with Crippen LogP contribution in [0.15, 0.2) is 10.9 Å². The third kappa shape index (κ3) is 3.17. The van der Waals surface area contributed by atoms with Crippen molar-refractivity contribution < 1.29 is 5.11 Å². The number of aromatic nitrogens is 1. The standard InChI is InChI=1S/C8H9NOS/c10-5-3-1-2-4-8-6-11-7-9-8/h6-7,10H,1,3,5H2. The second-order valence-corrected chi connectivity index (χ2v) is 2.72. The van der Waals surface area contributed by atoms with E-state index in [1.165, 1.54) is 0 Å². The van der Waals surface area contributed by atoms with Crippen LogP contribution in [0.3, 0.4) is 0 Å². The van der Waals surface area contributed by atoms with Crippen LogP contribution in [0.5, 0.6) is 0 Å². The van der Waals surface area contributed by atoms with E-state index in [2.05, 4.69) is 16.8 Å². The van der Waals surface area contributed by atoms with E-state index in [9.17, 15) is 0 Å². The van der Waals surface area contributed by atoms with Crippen molar-refractivity contribution >= 4 is 11.3 Å². The van der Waals surface area contributed by atoms with Gasteiger partial charge in [0.2, 0.25) is 0 Å². The molecule has 1 aromatic heterocycles. The Bertz CT molecular complexity index is 245. The molecule has 1 aromatic rings. The zero-order valence-corrected chi connectivity index (χ0v) is 6.90. The molecule has 0 bridgehead atoms. The molecular formula is C8H9NOS. The molecule has 0 aliphatic carbocycles. The lowest BCUT2D eigenvalue weighted by atomic mass is 10.3. The van der Waals surface area contributed by atoms with Crippen molar-refractivity contribution in [1.82, 2.24) is 4.98 Å². The number of thiazole rings is 1. The summed E-state index contributed by atoms with van der Waals surface area (Å²) in [6, 6.07) is 0. The topological polar surface area (TPSA) is 33.1 Å². The molecule has 0 amide bonds. The molecular weight excluding hydrogens is 158 g/mol. The summed E-state index contributed by atoms with van der Waals surface area (Å²) in [5.41, 5.74) is 2.59. The number of hydrogen-bond donors (Lipinski definition) is 1. The second kappa shape index (κ2) is 4.89. The number of aliphatic hydroxyl groups is 1. The zero-order valence-electron chi connectivity index (χ0n) is 6.08. The van der Waals surface area contributed by atoms with Gasteiger partial charge in [0.25, 0.3) is 0 Å². The van der Waals surface area contributed by atoms with Gasteiger partial charge in [-0.15, -0.1) is 11.3 Å². The van der Waals surface area contributed by atoms with Crippen molar-refractivity contribution in [3.63, 3.8) is 0 Å². The monoisotopic (exact) mass is 167 g/mol. The van der Waals surface area contributed by atoms with Crippen LogP contribution >= 0.6 is 11.3 Å². The first kappa shape index (κ1) is 8.25. The third-order valence-electron chi connectivity index (χ3n) is 1.11. The molecule has 0 aliphatic rings. The molecule has 0 radical (unpaired) electrons. The van der Waals surface area contributed by atoms with E-state index in [-0.39, 0.29) is 6.61 Å². The van der Waals surface area contributed by atoms with Crippen LogP contribution in [0.25, 0.3) is 0 Å². The molecule has 0 spiro atoms. The van der Waals surface area contributed by atoms with Crippen molar-refractivity contribution in [3.05, 3.63) is 16.6 Å². The summed E-state index contributed by atoms with van der Waals surface area (Å²) in [7, 11) is 0. The van der Waals surface area contributed by atoms with E-state index in [1.54, 1.807) is 16.8 Å². The fourth-order valence-electron chi connectivity index (χ4n) is 0.595. The molecule has 1 rings (SSSR count). The summed E-state index contributed by atoms with van der Waals surface area (Å²) >= 11 is 1.54. The van der Waals surface area contributed by atoms with E-state index < -0.39 is 0 Å². The van der Waals surface area contributed by atoms with Crippen LogP contribution in [0.4, 0.5) is 0 Å². The van der Waals surface area contributed by atoms with Gasteiger partial charge < -0.3 is 5.11 Å². The minimum atomic E-state index is 0.214. The SMILES string of the molecule is OCCCC#Cc1cscn1. The molecule has 11 heavy (non-hydrogen) atoms. The van der Waals surface area contributed by atoms with Gasteiger partial charge in [-0.1, -0.05) is 5.92 Å².